The summed E-state index contributed by atoms with van der Waals surface area (Å²) in [5, 5.41) is 3.67. The maximum absolute atomic E-state index is 12.4. The molecule has 2 aromatic carbocycles. The highest BCUT2D eigenvalue weighted by Gasteiger charge is 2.19. The average Bonchev–Trinajstić information content (AvgIpc) is 3.08. The fraction of sp³-hybridized carbons (Fsp3) is 0.320. The van der Waals surface area contributed by atoms with Crippen molar-refractivity contribution in [2.24, 2.45) is 0 Å². The van der Waals surface area contributed by atoms with Gasteiger partial charge in [-0.25, -0.2) is 4.98 Å². The first-order chi connectivity index (χ1) is 15.3. The van der Waals surface area contributed by atoms with E-state index in [1.54, 1.807) is 23.9 Å². The first-order valence-corrected chi connectivity index (χ1v) is 11.6. The molecule has 0 spiro atoms. The zero-order valence-electron chi connectivity index (χ0n) is 18.7. The predicted molar refractivity (Wildman–Crippen MR) is 129 cm³/mol. The Labute approximate surface area is 193 Å². The van der Waals surface area contributed by atoms with Gasteiger partial charge in [0.15, 0.2) is 5.16 Å². The van der Waals surface area contributed by atoms with Crippen LogP contribution in [0.2, 0.25) is 0 Å². The Kier molecular flexibility index (Phi) is 8.11. The number of carbonyl (C=O) groups is 2. The van der Waals surface area contributed by atoms with E-state index in [1.165, 1.54) is 0 Å². The summed E-state index contributed by atoms with van der Waals surface area (Å²) in [6.45, 7) is 6.25. The van der Waals surface area contributed by atoms with E-state index in [0.717, 1.165) is 33.9 Å². The Morgan fingerprint density at radius 3 is 2.56 bits per heavy atom. The van der Waals surface area contributed by atoms with Crippen LogP contribution in [0.25, 0.3) is 17.1 Å². The van der Waals surface area contributed by atoms with E-state index in [0.29, 0.717) is 6.54 Å². The molecule has 0 aliphatic heterocycles. The molecule has 0 fully saturated rings. The summed E-state index contributed by atoms with van der Waals surface area (Å²) in [6.07, 6.45) is 4.12. The largest absolute Gasteiger partial charge is 0.459 e. The van der Waals surface area contributed by atoms with Crippen LogP contribution < -0.4 is 5.32 Å². The molecule has 1 N–H and O–H groups in total. The SMILES string of the molecule is CC(C)(C)OC(=O)Cn1c(SCCCNC(=O)C=Cc2ccccc2)nc2ccccc21. The molecule has 0 unspecified atom stereocenters. The second kappa shape index (κ2) is 11.0. The molecule has 0 saturated carbocycles. The van der Waals surface area contributed by atoms with Crippen LogP contribution in [0.3, 0.4) is 0 Å². The maximum Gasteiger partial charge on any atom is 0.326 e. The number of amides is 1. The molecule has 7 heteroatoms. The van der Waals surface area contributed by atoms with E-state index in [-0.39, 0.29) is 18.4 Å². The van der Waals surface area contributed by atoms with Crippen LogP contribution in [0.15, 0.2) is 65.8 Å². The molecule has 0 atom stereocenters. The van der Waals surface area contributed by atoms with Gasteiger partial charge in [0.1, 0.15) is 12.1 Å². The minimum Gasteiger partial charge on any atom is -0.459 e. The quantitative estimate of drug-likeness (QED) is 0.221. The number of nitrogens with zero attached hydrogens (tertiary/aromatic N) is 2. The second-order valence-corrected chi connectivity index (χ2v) is 9.35. The Balaban J connectivity index is 1.53. The van der Waals surface area contributed by atoms with Gasteiger partial charge in [0.25, 0.3) is 0 Å². The first-order valence-electron chi connectivity index (χ1n) is 10.6. The van der Waals surface area contributed by atoms with Crippen LogP contribution in [0, 0.1) is 0 Å². The summed E-state index contributed by atoms with van der Waals surface area (Å²) in [5.41, 5.74) is 2.20. The summed E-state index contributed by atoms with van der Waals surface area (Å²) in [7, 11) is 0. The minimum absolute atomic E-state index is 0.112. The molecule has 0 radical (unpaired) electrons. The fourth-order valence-corrected chi connectivity index (χ4v) is 4.01. The van der Waals surface area contributed by atoms with Crippen LogP contribution >= 0.6 is 11.8 Å². The van der Waals surface area contributed by atoms with Gasteiger partial charge in [-0.2, -0.15) is 0 Å². The van der Waals surface area contributed by atoms with Gasteiger partial charge in [-0.3, -0.25) is 9.59 Å². The van der Waals surface area contributed by atoms with Crippen LogP contribution in [0.5, 0.6) is 0 Å². The van der Waals surface area contributed by atoms with Gasteiger partial charge in [-0.15, -0.1) is 0 Å². The summed E-state index contributed by atoms with van der Waals surface area (Å²) < 4.78 is 7.39. The first kappa shape index (κ1) is 23.6. The molecular formula is C25H29N3O3S. The second-order valence-electron chi connectivity index (χ2n) is 8.29. The van der Waals surface area contributed by atoms with Crippen molar-refractivity contribution in [3.8, 4) is 0 Å². The van der Waals surface area contributed by atoms with Gasteiger partial charge < -0.3 is 14.6 Å². The third-order valence-corrected chi connectivity index (χ3v) is 5.47. The number of rotatable bonds is 9. The maximum atomic E-state index is 12.4. The van der Waals surface area contributed by atoms with Gasteiger partial charge >= 0.3 is 5.97 Å². The highest BCUT2D eigenvalue weighted by molar-refractivity contribution is 7.99. The molecule has 0 saturated heterocycles. The van der Waals surface area contributed by atoms with Crippen LogP contribution in [0.1, 0.15) is 32.8 Å². The van der Waals surface area contributed by atoms with E-state index in [1.807, 2.05) is 79.9 Å². The van der Waals surface area contributed by atoms with Gasteiger partial charge in [-0.05, 0) is 51.0 Å². The molecular weight excluding hydrogens is 422 g/mol. The molecule has 3 rings (SSSR count). The standard InChI is InChI=1S/C25H29N3O3S/c1-25(2,3)31-23(30)18-28-21-13-8-7-12-20(21)27-24(28)32-17-9-16-26-22(29)15-14-19-10-5-4-6-11-19/h4-8,10-15H,9,16-18H2,1-3H3,(H,26,29). The number of hydrogen-bond donors (Lipinski definition) is 1. The van der Waals surface area contributed by atoms with Crippen LogP contribution in [-0.4, -0.2) is 39.3 Å². The Hall–Kier alpha value is -3.06. The number of nitrogens with one attached hydrogen (secondary N) is 1. The molecule has 1 aromatic heterocycles. The fourth-order valence-electron chi connectivity index (χ4n) is 3.06. The number of carbonyl (C=O) groups excluding carboxylic acids is 2. The number of ether oxygens (including phenoxy) is 1. The third-order valence-electron chi connectivity index (χ3n) is 4.40. The van der Waals surface area contributed by atoms with E-state index >= 15 is 0 Å². The van der Waals surface area contributed by atoms with Gasteiger partial charge in [0.2, 0.25) is 5.91 Å². The number of benzene rings is 2. The molecule has 32 heavy (non-hydrogen) atoms. The summed E-state index contributed by atoms with van der Waals surface area (Å²) in [5.74, 6) is 0.358. The summed E-state index contributed by atoms with van der Waals surface area (Å²) in [4.78, 5) is 29.1. The zero-order chi connectivity index (χ0) is 23.0. The molecule has 3 aromatic rings. The lowest BCUT2D eigenvalue weighted by Gasteiger charge is -2.20. The minimum atomic E-state index is -0.534. The van der Waals surface area contributed by atoms with Crippen molar-refractivity contribution >= 4 is 40.7 Å². The number of esters is 1. The zero-order valence-corrected chi connectivity index (χ0v) is 19.5. The Morgan fingerprint density at radius 2 is 1.81 bits per heavy atom. The summed E-state index contributed by atoms with van der Waals surface area (Å²) >= 11 is 1.57. The molecule has 0 bridgehead atoms. The van der Waals surface area contributed by atoms with Crippen molar-refractivity contribution < 1.29 is 14.3 Å². The number of fused-ring (bicyclic) bond motifs is 1. The number of hydrogen-bond acceptors (Lipinski definition) is 5. The van der Waals surface area contributed by atoms with Gasteiger partial charge in [0.05, 0.1) is 11.0 Å². The van der Waals surface area contributed by atoms with E-state index in [4.69, 9.17) is 4.74 Å². The Morgan fingerprint density at radius 1 is 1.09 bits per heavy atom. The lowest BCUT2D eigenvalue weighted by atomic mass is 10.2. The topological polar surface area (TPSA) is 73.2 Å². The van der Waals surface area contributed by atoms with Crippen molar-refractivity contribution in [2.45, 2.75) is 44.5 Å². The van der Waals surface area contributed by atoms with Gasteiger partial charge in [0, 0.05) is 18.4 Å². The normalized spacial score (nSPS) is 11.7. The van der Waals surface area contributed by atoms with E-state index in [2.05, 4.69) is 10.3 Å². The lowest BCUT2D eigenvalue weighted by molar-refractivity contribution is -0.155. The van der Waals surface area contributed by atoms with Crippen molar-refractivity contribution in [3.63, 3.8) is 0 Å². The highest BCUT2D eigenvalue weighted by atomic mass is 32.2. The van der Waals surface area contributed by atoms with E-state index < -0.39 is 5.60 Å². The monoisotopic (exact) mass is 451 g/mol. The number of aromatic nitrogens is 2. The number of imidazole rings is 1. The molecule has 1 amide bonds. The highest BCUT2D eigenvalue weighted by Crippen LogP contribution is 2.25. The van der Waals surface area contributed by atoms with Crippen LogP contribution in [0.4, 0.5) is 0 Å². The lowest BCUT2D eigenvalue weighted by Crippen LogP contribution is -2.26. The van der Waals surface area contributed by atoms with Crippen molar-refractivity contribution in [1.29, 1.82) is 0 Å². The smallest absolute Gasteiger partial charge is 0.326 e. The van der Waals surface area contributed by atoms with Crippen molar-refractivity contribution in [1.82, 2.24) is 14.9 Å². The molecule has 168 valence electrons. The average molecular weight is 452 g/mol. The molecule has 0 aliphatic carbocycles. The molecule has 0 aliphatic rings. The number of thioether (sulfide) groups is 1. The van der Waals surface area contributed by atoms with E-state index in [9.17, 15) is 9.59 Å². The predicted octanol–water partition coefficient (Wildman–Crippen LogP) is 4.69. The van der Waals surface area contributed by atoms with Gasteiger partial charge in [-0.1, -0.05) is 54.2 Å². The van der Waals surface area contributed by atoms with Crippen molar-refractivity contribution in [2.75, 3.05) is 12.3 Å². The third kappa shape index (κ3) is 7.27. The molecule has 6 nitrogen and oxygen atoms in total. The van der Waals surface area contributed by atoms with Crippen molar-refractivity contribution in [3.05, 3.63) is 66.2 Å². The number of para-hydroxylation sites is 2. The van der Waals surface area contributed by atoms with Crippen LogP contribution in [-0.2, 0) is 20.9 Å². The summed E-state index contributed by atoms with van der Waals surface area (Å²) in [6, 6.07) is 17.5. The molecule has 1 heterocycles. The Bertz CT molecular complexity index is 1080.